The smallest absolute Gasteiger partial charge is 0.225 e. The van der Waals surface area contributed by atoms with Crippen molar-refractivity contribution in [1.29, 1.82) is 0 Å². The van der Waals surface area contributed by atoms with Gasteiger partial charge in [0.15, 0.2) is 0 Å². The minimum absolute atomic E-state index is 0.0629. The van der Waals surface area contributed by atoms with Crippen molar-refractivity contribution < 1.29 is 4.79 Å². The lowest BCUT2D eigenvalue weighted by Gasteiger charge is -2.04. The topological polar surface area (TPSA) is 42.0 Å². The highest BCUT2D eigenvalue weighted by Crippen LogP contribution is 2.15. The highest BCUT2D eigenvalue weighted by atomic mass is 32.1. The number of nitrogens with one attached hydrogen (secondary N) is 1. The number of benzene rings is 1. The normalized spacial score (nSPS) is 10.3. The first-order valence-electron chi connectivity index (χ1n) is 5.02. The van der Waals surface area contributed by atoms with E-state index in [1.54, 1.807) is 6.20 Å². The van der Waals surface area contributed by atoms with Crippen molar-refractivity contribution in [3.8, 4) is 0 Å². The van der Waals surface area contributed by atoms with E-state index in [2.05, 4.69) is 10.3 Å². The first-order chi connectivity index (χ1) is 7.79. The zero-order chi connectivity index (χ0) is 11.4. The number of anilines is 1. The molecule has 1 radical (unpaired) electrons. The lowest BCUT2D eigenvalue weighted by molar-refractivity contribution is -0.115. The second kappa shape index (κ2) is 4.99. The molecule has 16 heavy (non-hydrogen) atoms. The summed E-state index contributed by atoms with van der Waals surface area (Å²) in [6.07, 6.45) is 2.02. The maximum Gasteiger partial charge on any atom is 0.225 e. The van der Waals surface area contributed by atoms with Crippen molar-refractivity contribution in [3.05, 3.63) is 36.5 Å². The lowest BCUT2D eigenvalue weighted by atomic mass is 10.2. The van der Waals surface area contributed by atoms with Crippen LogP contribution in [0.1, 0.15) is 6.42 Å². The lowest BCUT2D eigenvalue weighted by Crippen LogP contribution is -2.11. The van der Waals surface area contributed by atoms with E-state index in [0.717, 1.165) is 10.9 Å². The predicted molar refractivity (Wildman–Crippen MR) is 67.4 cm³/mol. The molecule has 1 amide bonds. The van der Waals surface area contributed by atoms with Gasteiger partial charge in [0.1, 0.15) is 0 Å². The number of aromatic nitrogens is 1. The Morgan fingerprint density at radius 1 is 1.38 bits per heavy atom. The van der Waals surface area contributed by atoms with Crippen LogP contribution in [-0.2, 0) is 4.79 Å². The molecular formula is C12H11N2OS. The van der Waals surface area contributed by atoms with Gasteiger partial charge in [-0.3, -0.25) is 9.78 Å². The molecule has 1 N–H and O–H groups in total. The van der Waals surface area contributed by atoms with E-state index >= 15 is 0 Å². The fourth-order valence-corrected chi connectivity index (χ4v) is 1.64. The number of hydrogen-bond donors (Lipinski definition) is 1. The molecule has 0 atom stereocenters. The van der Waals surface area contributed by atoms with E-state index in [9.17, 15) is 4.79 Å². The Bertz CT molecular complexity index is 513. The average Bonchev–Trinajstić information content (AvgIpc) is 2.29. The van der Waals surface area contributed by atoms with E-state index in [-0.39, 0.29) is 5.91 Å². The summed E-state index contributed by atoms with van der Waals surface area (Å²) < 4.78 is 0. The summed E-state index contributed by atoms with van der Waals surface area (Å²) in [5.41, 5.74) is 1.64. The molecule has 81 valence electrons. The molecule has 1 heterocycles. The largest absolute Gasteiger partial charge is 0.325 e. The summed E-state index contributed by atoms with van der Waals surface area (Å²) in [4.78, 5) is 15.6. The van der Waals surface area contributed by atoms with Gasteiger partial charge < -0.3 is 5.32 Å². The molecule has 0 saturated heterocycles. The van der Waals surface area contributed by atoms with Gasteiger partial charge in [-0.25, -0.2) is 0 Å². The van der Waals surface area contributed by atoms with Crippen LogP contribution in [0.15, 0.2) is 36.5 Å². The second-order valence-electron chi connectivity index (χ2n) is 3.42. The van der Waals surface area contributed by atoms with Crippen molar-refractivity contribution >= 4 is 35.1 Å². The molecule has 0 aliphatic heterocycles. The second-order valence-corrected chi connectivity index (χ2v) is 3.83. The van der Waals surface area contributed by atoms with E-state index in [1.807, 2.05) is 30.3 Å². The van der Waals surface area contributed by atoms with Crippen LogP contribution in [0.2, 0.25) is 0 Å². The average molecular weight is 231 g/mol. The summed E-state index contributed by atoms with van der Waals surface area (Å²) in [7, 11) is 0. The van der Waals surface area contributed by atoms with E-state index < -0.39 is 0 Å². The summed E-state index contributed by atoms with van der Waals surface area (Å²) in [5.74, 6) is 0.374. The van der Waals surface area contributed by atoms with Crippen molar-refractivity contribution in [1.82, 2.24) is 4.98 Å². The molecule has 2 aromatic rings. The maximum absolute atomic E-state index is 11.3. The van der Waals surface area contributed by atoms with Crippen LogP contribution in [-0.4, -0.2) is 16.6 Å². The monoisotopic (exact) mass is 231 g/mol. The zero-order valence-corrected chi connectivity index (χ0v) is 9.46. The third-order valence-corrected chi connectivity index (χ3v) is 2.41. The van der Waals surface area contributed by atoms with Crippen LogP contribution in [0.25, 0.3) is 10.9 Å². The molecule has 2 rings (SSSR count). The number of amides is 1. The Balaban J connectivity index is 2.22. The van der Waals surface area contributed by atoms with E-state index in [4.69, 9.17) is 12.6 Å². The van der Waals surface area contributed by atoms with Gasteiger partial charge in [-0.2, -0.15) is 0 Å². The van der Waals surface area contributed by atoms with Gasteiger partial charge in [-0.1, -0.05) is 30.8 Å². The molecule has 0 bridgehead atoms. The van der Waals surface area contributed by atoms with Gasteiger partial charge in [0.05, 0.1) is 17.4 Å². The van der Waals surface area contributed by atoms with Gasteiger partial charge in [0.2, 0.25) is 5.91 Å². The third-order valence-electron chi connectivity index (χ3n) is 2.20. The Hall–Kier alpha value is -1.55. The Labute approximate surface area is 99.3 Å². The van der Waals surface area contributed by atoms with Crippen molar-refractivity contribution in [2.45, 2.75) is 6.42 Å². The first kappa shape index (κ1) is 11.0. The third kappa shape index (κ3) is 2.52. The molecule has 0 fully saturated rings. The van der Waals surface area contributed by atoms with Crippen molar-refractivity contribution in [3.63, 3.8) is 0 Å². The van der Waals surface area contributed by atoms with Gasteiger partial charge in [-0.05, 0) is 12.1 Å². The van der Waals surface area contributed by atoms with E-state index in [0.29, 0.717) is 17.9 Å². The minimum Gasteiger partial charge on any atom is -0.325 e. The van der Waals surface area contributed by atoms with Gasteiger partial charge in [0, 0.05) is 17.6 Å². The zero-order valence-electron chi connectivity index (χ0n) is 8.64. The minimum atomic E-state index is -0.0629. The summed E-state index contributed by atoms with van der Waals surface area (Å²) >= 11 is 4.75. The molecule has 0 aliphatic carbocycles. The molecule has 1 aromatic heterocycles. The van der Waals surface area contributed by atoms with Crippen LogP contribution in [0.4, 0.5) is 5.69 Å². The van der Waals surface area contributed by atoms with Crippen molar-refractivity contribution in [2.24, 2.45) is 0 Å². The highest BCUT2D eigenvalue weighted by Gasteiger charge is 2.02. The SMILES string of the molecule is O=C(CC[S])Nc1cnc2ccccc2c1. The summed E-state index contributed by atoms with van der Waals surface area (Å²) in [6.45, 7) is 0. The molecule has 0 aliphatic rings. The van der Waals surface area contributed by atoms with Gasteiger partial charge >= 0.3 is 0 Å². The molecule has 0 unspecified atom stereocenters. The van der Waals surface area contributed by atoms with Crippen LogP contribution in [0, 0.1) is 0 Å². The Kier molecular flexibility index (Phi) is 3.41. The number of carbonyl (C=O) groups is 1. The number of pyridine rings is 1. The van der Waals surface area contributed by atoms with E-state index in [1.165, 1.54) is 0 Å². The molecule has 0 saturated carbocycles. The van der Waals surface area contributed by atoms with Gasteiger partial charge in [-0.15, -0.1) is 0 Å². The maximum atomic E-state index is 11.3. The van der Waals surface area contributed by atoms with Crippen LogP contribution >= 0.6 is 12.6 Å². The predicted octanol–water partition coefficient (Wildman–Crippen LogP) is 2.76. The van der Waals surface area contributed by atoms with Crippen LogP contribution < -0.4 is 5.32 Å². The fraction of sp³-hybridized carbons (Fsp3) is 0.167. The molecular weight excluding hydrogens is 220 g/mol. The summed E-state index contributed by atoms with van der Waals surface area (Å²) in [5, 5.41) is 3.78. The van der Waals surface area contributed by atoms with Crippen LogP contribution in [0.5, 0.6) is 0 Å². The highest BCUT2D eigenvalue weighted by molar-refractivity contribution is 7.80. The number of nitrogens with zero attached hydrogens (tertiary/aromatic N) is 1. The molecule has 0 spiro atoms. The standard InChI is InChI=1S/C12H11N2OS/c15-12(5-6-16)14-10-7-9-3-1-2-4-11(9)13-8-10/h1-4,7-8H,5-6H2,(H,14,15). The Morgan fingerprint density at radius 3 is 3.00 bits per heavy atom. The molecule has 1 aromatic carbocycles. The number of carbonyl (C=O) groups excluding carboxylic acids is 1. The Morgan fingerprint density at radius 2 is 2.19 bits per heavy atom. The number of hydrogen-bond acceptors (Lipinski definition) is 2. The molecule has 4 heteroatoms. The molecule has 3 nitrogen and oxygen atoms in total. The number of para-hydroxylation sites is 1. The number of rotatable bonds is 3. The number of fused-ring (bicyclic) bond motifs is 1. The fourth-order valence-electron chi connectivity index (χ4n) is 1.46. The quantitative estimate of drug-likeness (QED) is 0.882. The first-order valence-corrected chi connectivity index (χ1v) is 5.60. The van der Waals surface area contributed by atoms with Crippen molar-refractivity contribution in [2.75, 3.05) is 11.1 Å². The summed E-state index contributed by atoms with van der Waals surface area (Å²) in [6, 6.07) is 9.68. The van der Waals surface area contributed by atoms with Gasteiger partial charge in [0.25, 0.3) is 0 Å². The van der Waals surface area contributed by atoms with Crippen LogP contribution in [0.3, 0.4) is 0 Å².